The monoisotopic (exact) mass is 373 g/mol. The van der Waals surface area contributed by atoms with Gasteiger partial charge in [-0.15, -0.1) is 0 Å². The molecule has 0 radical (unpaired) electrons. The summed E-state index contributed by atoms with van der Waals surface area (Å²) in [6.45, 7) is 3.54. The SMILES string of the molecule is COC(=O)c1ccc(O[C@@H](C)C(=O)Nc2cc(C)ccc2OC)c(OC)c1. The Morgan fingerprint density at radius 1 is 0.926 bits per heavy atom. The minimum absolute atomic E-state index is 0.323. The number of methoxy groups -OCH3 is 3. The molecule has 2 aromatic carbocycles. The number of ether oxygens (including phenoxy) is 4. The first-order chi connectivity index (χ1) is 12.9. The van der Waals surface area contributed by atoms with Gasteiger partial charge in [0.15, 0.2) is 17.6 Å². The molecule has 0 aliphatic rings. The smallest absolute Gasteiger partial charge is 0.337 e. The summed E-state index contributed by atoms with van der Waals surface area (Å²) in [5.41, 5.74) is 1.87. The summed E-state index contributed by atoms with van der Waals surface area (Å²) in [7, 11) is 4.28. The van der Waals surface area contributed by atoms with Crippen LogP contribution in [0.1, 0.15) is 22.8 Å². The molecule has 0 bridgehead atoms. The van der Waals surface area contributed by atoms with Crippen molar-refractivity contribution in [3.8, 4) is 17.2 Å². The van der Waals surface area contributed by atoms with Gasteiger partial charge in [0.05, 0.1) is 32.6 Å². The molecule has 7 heteroatoms. The number of benzene rings is 2. The predicted octanol–water partition coefficient (Wildman–Crippen LogP) is 3.20. The maximum Gasteiger partial charge on any atom is 0.337 e. The van der Waals surface area contributed by atoms with Gasteiger partial charge in [-0.05, 0) is 49.7 Å². The lowest BCUT2D eigenvalue weighted by molar-refractivity contribution is -0.122. The highest BCUT2D eigenvalue weighted by atomic mass is 16.5. The molecule has 7 nitrogen and oxygen atoms in total. The van der Waals surface area contributed by atoms with Gasteiger partial charge in [-0.2, -0.15) is 0 Å². The lowest BCUT2D eigenvalue weighted by Crippen LogP contribution is -2.30. The van der Waals surface area contributed by atoms with E-state index in [2.05, 4.69) is 10.1 Å². The fraction of sp³-hybridized carbons (Fsp3) is 0.300. The molecule has 1 amide bonds. The van der Waals surface area contributed by atoms with Crippen molar-refractivity contribution in [2.24, 2.45) is 0 Å². The number of nitrogens with one attached hydrogen (secondary N) is 1. The largest absolute Gasteiger partial charge is 0.495 e. The molecule has 0 aromatic heterocycles. The molecule has 1 atom stereocenters. The minimum Gasteiger partial charge on any atom is -0.495 e. The lowest BCUT2D eigenvalue weighted by Gasteiger charge is -2.18. The van der Waals surface area contributed by atoms with Gasteiger partial charge in [0, 0.05) is 0 Å². The van der Waals surface area contributed by atoms with Crippen molar-refractivity contribution in [2.45, 2.75) is 20.0 Å². The molecule has 0 saturated carbocycles. The number of rotatable bonds is 7. The number of carbonyl (C=O) groups excluding carboxylic acids is 2. The van der Waals surface area contributed by atoms with Crippen LogP contribution in [0.2, 0.25) is 0 Å². The molecule has 0 saturated heterocycles. The van der Waals surface area contributed by atoms with E-state index in [-0.39, 0.29) is 5.91 Å². The second kappa shape index (κ2) is 8.93. The maximum absolute atomic E-state index is 12.5. The van der Waals surface area contributed by atoms with Gasteiger partial charge in [-0.3, -0.25) is 4.79 Å². The molecular formula is C20H23NO6. The fourth-order valence-corrected chi connectivity index (χ4v) is 2.41. The second-order valence-electron chi connectivity index (χ2n) is 5.81. The van der Waals surface area contributed by atoms with Gasteiger partial charge in [-0.25, -0.2) is 4.79 Å². The Morgan fingerprint density at radius 3 is 2.22 bits per heavy atom. The number of hydrogen-bond donors (Lipinski definition) is 1. The van der Waals surface area contributed by atoms with Crippen LogP contribution in [0, 0.1) is 6.92 Å². The van der Waals surface area contributed by atoms with Gasteiger partial charge in [-0.1, -0.05) is 6.07 Å². The van der Waals surface area contributed by atoms with Crippen molar-refractivity contribution in [3.05, 3.63) is 47.5 Å². The van der Waals surface area contributed by atoms with Crippen LogP contribution in [0.5, 0.6) is 17.2 Å². The van der Waals surface area contributed by atoms with E-state index in [9.17, 15) is 9.59 Å². The van der Waals surface area contributed by atoms with Gasteiger partial charge in [0.25, 0.3) is 5.91 Å². The molecule has 0 fully saturated rings. The van der Waals surface area contributed by atoms with E-state index in [0.717, 1.165) is 5.56 Å². The second-order valence-corrected chi connectivity index (χ2v) is 5.81. The van der Waals surface area contributed by atoms with Crippen molar-refractivity contribution in [1.82, 2.24) is 0 Å². The minimum atomic E-state index is -0.812. The Morgan fingerprint density at radius 2 is 1.59 bits per heavy atom. The summed E-state index contributed by atoms with van der Waals surface area (Å²) < 4.78 is 20.9. The molecule has 144 valence electrons. The van der Waals surface area contributed by atoms with E-state index in [0.29, 0.717) is 28.5 Å². The Kier molecular flexibility index (Phi) is 6.65. The van der Waals surface area contributed by atoms with Gasteiger partial charge < -0.3 is 24.3 Å². The zero-order chi connectivity index (χ0) is 20.0. The van der Waals surface area contributed by atoms with E-state index in [4.69, 9.17) is 14.2 Å². The summed E-state index contributed by atoms with van der Waals surface area (Å²) in [6.07, 6.45) is -0.812. The molecule has 0 aliphatic heterocycles. The first-order valence-electron chi connectivity index (χ1n) is 8.28. The van der Waals surface area contributed by atoms with E-state index in [1.807, 2.05) is 19.1 Å². The van der Waals surface area contributed by atoms with Crippen molar-refractivity contribution in [2.75, 3.05) is 26.6 Å². The van der Waals surface area contributed by atoms with Crippen LogP contribution in [0.15, 0.2) is 36.4 Å². The summed E-state index contributed by atoms with van der Waals surface area (Å²) in [6, 6.07) is 10.1. The molecule has 0 spiro atoms. The number of hydrogen-bond acceptors (Lipinski definition) is 6. The van der Waals surface area contributed by atoms with Crippen LogP contribution in [0.3, 0.4) is 0 Å². The van der Waals surface area contributed by atoms with E-state index in [1.54, 1.807) is 19.1 Å². The van der Waals surface area contributed by atoms with Crippen LogP contribution in [-0.4, -0.2) is 39.3 Å². The zero-order valence-electron chi connectivity index (χ0n) is 16.0. The highest BCUT2D eigenvalue weighted by Crippen LogP contribution is 2.30. The van der Waals surface area contributed by atoms with Gasteiger partial charge >= 0.3 is 5.97 Å². The van der Waals surface area contributed by atoms with E-state index >= 15 is 0 Å². The van der Waals surface area contributed by atoms with E-state index in [1.165, 1.54) is 33.5 Å². The third kappa shape index (κ3) is 4.91. The quantitative estimate of drug-likeness (QED) is 0.751. The number of aryl methyl sites for hydroxylation is 1. The zero-order valence-corrected chi connectivity index (χ0v) is 16.0. The van der Waals surface area contributed by atoms with Crippen LogP contribution >= 0.6 is 0 Å². The number of amides is 1. The lowest BCUT2D eigenvalue weighted by atomic mass is 10.2. The number of esters is 1. The van der Waals surface area contributed by atoms with Crippen LogP contribution < -0.4 is 19.5 Å². The van der Waals surface area contributed by atoms with Crippen molar-refractivity contribution in [3.63, 3.8) is 0 Å². The van der Waals surface area contributed by atoms with E-state index < -0.39 is 12.1 Å². The molecular weight excluding hydrogens is 350 g/mol. The Hall–Kier alpha value is -3.22. The molecule has 2 aromatic rings. The Labute approximate surface area is 158 Å². The number of anilines is 1. The first-order valence-corrected chi connectivity index (χ1v) is 8.28. The summed E-state index contributed by atoms with van der Waals surface area (Å²) in [5.74, 6) is 0.381. The van der Waals surface area contributed by atoms with Crippen LogP contribution in [-0.2, 0) is 9.53 Å². The average molecular weight is 373 g/mol. The normalized spacial score (nSPS) is 11.3. The molecule has 2 rings (SSSR count). The highest BCUT2D eigenvalue weighted by molar-refractivity contribution is 5.95. The Bertz CT molecular complexity index is 833. The molecule has 1 N–H and O–H groups in total. The molecule has 27 heavy (non-hydrogen) atoms. The summed E-state index contributed by atoms with van der Waals surface area (Å²) >= 11 is 0. The first kappa shape index (κ1) is 20.1. The standard InChI is InChI=1S/C20H23NO6/c1-12-6-8-16(24-3)15(10-12)21-19(22)13(2)27-17-9-7-14(20(23)26-5)11-18(17)25-4/h6-11,13H,1-5H3,(H,21,22)/t13-/m0/s1. The third-order valence-corrected chi connectivity index (χ3v) is 3.87. The average Bonchev–Trinajstić information content (AvgIpc) is 2.67. The van der Waals surface area contributed by atoms with Crippen LogP contribution in [0.25, 0.3) is 0 Å². The predicted molar refractivity (Wildman–Crippen MR) is 101 cm³/mol. The topological polar surface area (TPSA) is 83.1 Å². The molecule has 0 heterocycles. The van der Waals surface area contributed by atoms with Gasteiger partial charge in [0.1, 0.15) is 5.75 Å². The van der Waals surface area contributed by atoms with Gasteiger partial charge in [0.2, 0.25) is 0 Å². The molecule has 0 unspecified atom stereocenters. The summed E-state index contributed by atoms with van der Waals surface area (Å²) in [4.78, 5) is 24.1. The van der Waals surface area contributed by atoms with Crippen molar-refractivity contribution in [1.29, 1.82) is 0 Å². The van der Waals surface area contributed by atoms with Crippen LogP contribution in [0.4, 0.5) is 5.69 Å². The fourth-order valence-electron chi connectivity index (χ4n) is 2.41. The molecule has 0 aliphatic carbocycles. The van der Waals surface area contributed by atoms with Crippen molar-refractivity contribution >= 4 is 17.6 Å². The summed E-state index contributed by atoms with van der Waals surface area (Å²) in [5, 5.41) is 2.79. The highest BCUT2D eigenvalue weighted by Gasteiger charge is 2.19. The third-order valence-electron chi connectivity index (χ3n) is 3.87. The number of carbonyl (C=O) groups is 2. The van der Waals surface area contributed by atoms with Crippen molar-refractivity contribution < 1.29 is 28.5 Å². The Balaban J connectivity index is 2.14. The maximum atomic E-state index is 12.5.